The van der Waals surface area contributed by atoms with Gasteiger partial charge in [-0.3, -0.25) is 9.59 Å². The molecule has 0 aromatic heterocycles. The number of allylic oxidation sites excluding steroid dienone is 2. The van der Waals surface area contributed by atoms with Crippen molar-refractivity contribution in [3.05, 3.63) is 85.0 Å². The van der Waals surface area contributed by atoms with Gasteiger partial charge in [-0.05, 0) is 47.0 Å². The van der Waals surface area contributed by atoms with E-state index in [1.54, 1.807) is 0 Å². The van der Waals surface area contributed by atoms with Gasteiger partial charge in [-0.15, -0.1) is 0 Å². The van der Waals surface area contributed by atoms with E-state index in [9.17, 15) is 9.59 Å². The molecule has 2 aliphatic carbocycles. The number of fused-ring (bicyclic) bond motifs is 1. The molecule has 0 radical (unpaired) electrons. The summed E-state index contributed by atoms with van der Waals surface area (Å²) in [6.07, 6.45) is 6.13. The summed E-state index contributed by atoms with van der Waals surface area (Å²) in [6.45, 7) is 11.1. The summed E-state index contributed by atoms with van der Waals surface area (Å²) in [7, 11) is -0.155. The quantitative estimate of drug-likeness (QED) is 0.222. The van der Waals surface area contributed by atoms with Gasteiger partial charge in [0, 0.05) is 12.0 Å². The van der Waals surface area contributed by atoms with E-state index in [4.69, 9.17) is 13.9 Å². The standard InChI is InChI=1S/C32H40O5Si/c1-23-20-21-32(29(33)35-5,30(34)36-6)28-22-24(14-13-19-27(23)28)37-38(31(2,3)4,25-15-9-7-10-16-25)26-17-11-8-12-18-26/h7-13,15-19,24,27-28H,1,14,20-22H2,2-6H3/t24-,27+,28-/m0/s1. The molecule has 5 nitrogen and oxygen atoms in total. The molecule has 202 valence electrons. The van der Waals surface area contributed by atoms with Crippen LogP contribution in [0.25, 0.3) is 0 Å². The summed E-state index contributed by atoms with van der Waals surface area (Å²) in [4.78, 5) is 26.7. The Labute approximate surface area is 228 Å². The van der Waals surface area contributed by atoms with Crippen LogP contribution in [-0.4, -0.2) is 40.6 Å². The van der Waals surface area contributed by atoms with Crippen LogP contribution in [0.4, 0.5) is 0 Å². The number of esters is 2. The second-order valence-electron chi connectivity index (χ2n) is 11.5. The van der Waals surface area contributed by atoms with Crippen molar-refractivity contribution >= 4 is 30.6 Å². The minimum absolute atomic E-state index is 0.130. The lowest BCUT2D eigenvalue weighted by atomic mass is 9.58. The molecule has 0 heterocycles. The molecule has 0 spiro atoms. The Kier molecular flexibility index (Phi) is 8.14. The maximum absolute atomic E-state index is 13.3. The molecule has 0 bridgehead atoms. The molecule has 2 aromatic carbocycles. The molecule has 6 heteroatoms. The van der Waals surface area contributed by atoms with E-state index < -0.39 is 25.7 Å². The van der Waals surface area contributed by atoms with Crippen LogP contribution in [0, 0.1) is 17.3 Å². The zero-order valence-corrected chi connectivity index (χ0v) is 24.2. The van der Waals surface area contributed by atoms with Crippen molar-refractivity contribution in [2.24, 2.45) is 17.3 Å². The van der Waals surface area contributed by atoms with Crippen LogP contribution in [-0.2, 0) is 23.5 Å². The summed E-state index contributed by atoms with van der Waals surface area (Å²) >= 11 is 0. The van der Waals surface area contributed by atoms with E-state index in [0.717, 1.165) is 5.57 Å². The number of methoxy groups -OCH3 is 2. The fraction of sp³-hybridized carbons (Fsp3) is 0.438. The van der Waals surface area contributed by atoms with Crippen molar-refractivity contribution in [2.75, 3.05) is 14.2 Å². The maximum Gasteiger partial charge on any atom is 0.323 e. The van der Waals surface area contributed by atoms with Crippen LogP contribution in [0.3, 0.4) is 0 Å². The third kappa shape index (κ3) is 4.69. The highest BCUT2D eigenvalue weighted by Crippen LogP contribution is 2.52. The molecule has 2 aliphatic rings. The minimum Gasteiger partial charge on any atom is -0.468 e. The molecule has 0 unspecified atom stereocenters. The molecule has 1 saturated carbocycles. The van der Waals surface area contributed by atoms with Gasteiger partial charge < -0.3 is 13.9 Å². The van der Waals surface area contributed by atoms with Crippen molar-refractivity contribution in [3.63, 3.8) is 0 Å². The van der Waals surface area contributed by atoms with Crippen LogP contribution in [0.5, 0.6) is 0 Å². The van der Waals surface area contributed by atoms with Gasteiger partial charge >= 0.3 is 11.9 Å². The van der Waals surface area contributed by atoms with E-state index in [2.05, 4.69) is 88.0 Å². The molecule has 0 aliphatic heterocycles. The third-order valence-corrected chi connectivity index (χ3v) is 13.6. The van der Waals surface area contributed by atoms with Gasteiger partial charge in [0.25, 0.3) is 8.32 Å². The normalized spacial score (nSPS) is 23.2. The van der Waals surface area contributed by atoms with E-state index in [-0.39, 0.29) is 23.0 Å². The van der Waals surface area contributed by atoms with Crippen LogP contribution >= 0.6 is 0 Å². The van der Waals surface area contributed by atoms with Gasteiger partial charge in [0.2, 0.25) is 0 Å². The highest BCUT2D eigenvalue weighted by molar-refractivity contribution is 6.99. The number of carbonyl (C=O) groups is 2. The summed E-state index contributed by atoms with van der Waals surface area (Å²) in [5.41, 5.74) is -0.363. The van der Waals surface area contributed by atoms with Crippen LogP contribution < -0.4 is 10.4 Å². The summed E-state index contributed by atoms with van der Waals surface area (Å²) in [6, 6.07) is 21.1. The minimum atomic E-state index is -2.84. The zero-order valence-electron chi connectivity index (χ0n) is 23.2. The average Bonchev–Trinajstić information content (AvgIpc) is 3.15. The SMILES string of the molecule is C=C1CCC(C(=O)OC)(C(=O)OC)[C@H]2C[C@@H](O[Si](c3ccccc3)(c3ccccc3)C(C)(C)C)CC=C[C@H]12. The molecule has 4 rings (SSSR count). The highest BCUT2D eigenvalue weighted by Gasteiger charge is 2.60. The molecule has 0 N–H and O–H groups in total. The molecule has 2 aromatic rings. The van der Waals surface area contributed by atoms with Crippen molar-refractivity contribution in [3.8, 4) is 0 Å². The van der Waals surface area contributed by atoms with E-state index >= 15 is 0 Å². The predicted molar refractivity (Wildman–Crippen MR) is 153 cm³/mol. The number of benzene rings is 2. The fourth-order valence-electron chi connectivity index (χ4n) is 6.67. The summed E-state index contributed by atoms with van der Waals surface area (Å²) < 4.78 is 17.9. The Balaban J connectivity index is 1.84. The number of carbonyl (C=O) groups excluding carboxylic acids is 2. The van der Waals surface area contributed by atoms with Gasteiger partial charge in [-0.25, -0.2) is 0 Å². The molecule has 1 fully saturated rings. The van der Waals surface area contributed by atoms with Gasteiger partial charge in [0.15, 0.2) is 5.41 Å². The van der Waals surface area contributed by atoms with Crippen LogP contribution in [0.15, 0.2) is 85.0 Å². The van der Waals surface area contributed by atoms with Gasteiger partial charge in [-0.1, -0.05) is 106 Å². The monoisotopic (exact) mass is 532 g/mol. The van der Waals surface area contributed by atoms with E-state index in [0.29, 0.717) is 25.7 Å². The molecule has 3 atom stereocenters. The first-order chi connectivity index (χ1) is 18.1. The molecule has 38 heavy (non-hydrogen) atoms. The topological polar surface area (TPSA) is 61.8 Å². The summed E-state index contributed by atoms with van der Waals surface area (Å²) in [5.74, 6) is -1.57. The highest BCUT2D eigenvalue weighted by atomic mass is 28.4. The third-order valence-electron chi connectivity index (χ3n) is 8.50. The first-order valence-corrected chi connectivity index (χ1v) is 15.3. The first-order valence-electron chi connectivity index (χ1n) is 13.4. The maximum atomic E-state index is 13.3. The Bertz CT molecular complexity index is 1130. The largest absolute Gasteiger partial charge is 0.468 e. The summed E-state index contributed by atoms with van der Waals surface area (Å²) in [5, 5.41) is 2.20. The smallest absolute Gasteiger partial charge is 0.323 e. The Morgan fingerprint density at radius 2 is 1.45 bits per heavy atom. The van der Waals surface area contributed by atoms with Gasteiger partial charge in [0.1, 0.15) is 0 Å². The molecule has 0 saturated heterocycles. The van der Waals surface area contributed by atoms with Crippen molar-refractivity contribution in [1.29, 1.82) is 0 Å². The first kappa shape index (κ1) is 28.1. The van der Waals surface area contributed by atoms with Crippen LogP contribution in [0.1, 0.15) is 46.5 Å². The lowest BCUT2D eigenvalue weighted by molar-refractivity contribution is -0.178. The lowest BCUT2D eigenvalue weighted by Gasteiger charge is -2.47. The van der Waals surface area contributed by atoms with Crippen molar-refractivity contribution < 1.29 is 23.5 Å². The number of rotatable bonds is 6. The second-order valence-corrected chi connectivity index (χ2v) is 15.8. The fourth-order valence-corrected chi connectivity index (χ4v) is 11.4. The van der Waals surface area contributed by atoms with Crippen LogP contribution in [0.2, 0.25) is 5.04 Å². The zero-order chi connectivity index (χ0) is 27.6. The average molecular weight is 533 g/mol. The Morgan fingerprint density at radius 3 is 1.92 bits per heavy atom. The van der Waals surface area contributed by atoms with Crippen molar-refractivity contribution in [1.82, 2.24) is 0 Å². The van der Waals surface area contributed by atoms with Gasteiger partial charge in [-0.2, -0.15) is 0 Å². The Morgan fingerprint density at radius 1 is 0.921 bits per heavy atom. The predicted octanol–water partition coefficient (Wildman–Crippen LogP) is 5.20. The van der Waals surface area contributed by atoms with Gasteiger partial charge in [0.05, 0.1) is 14.2 Å². The number of hydrogen-bond acceptors (Lipinski definition) is 5. The Hall–Kier alpha value is -2.96. The number of ether oxygens (including phenoxy) is 2. The van der Waals surface area contributed by atoms with Crippen molar-refractivity contribution in [2.45, 2.75) is 57.6 Å². The molecular formula is C32H40O5Si. The number of hydrogen-bond donors (Lipinski definition) is 0. The lowest BCUT2D eigenvalue weighted by Crippen LogP contribution is -2.68. The van der Waals surface area contributed by atoms with E-state index in [1.807, 2.05) is 12.1 Å². The van der Waals surface area contributed by atoms with E-state index in [1.165, 1.54) is 24.6 Å². The molecule has 0 amide bonds. The molecular weight excluding hydrogens is 492 g/mol. The second kappa shape index (κ2) is 11.0.